The molecule has 0 aliphatic carbocycles. The van der Waals surface area contributed by atoms with Gasteiger partial charge in [-0.3, -0.25) is 0 Å². The molecule has 14 heavy (non-hydrogen) atoms. The summed E-state index contributed by atoms with van der Waals surface area (Å²) in [6.45, 7) is 0. The first-order chi connectivity index (χ1) is 6.29. The van der Waals surface area contributed by atoms with E-state index >= 15 is 0 Å². The molecule has 0 amide bonds. The zero-order valence-corrected chi connectivity index (χ0v) is 8.87. The lowest BCUT2D eigenvalue weighted by Crippen LogP contribution is -2.17. The largest absolute Gasteiger partial charge is 0.573 e. The van der Waals surface area contributed by atoms with Gasteiger partial charge in [0.1, 0.15) is 0 Å². The Balaban J connectivity index is 3.09. The molecule has 7 heteroatoms. The molecule has 0 radical (unpaired) electrons. The molecule has 1 rings (SSSR count). The van der Waals surface area contributed by atoms with Gasteiger partial charge in [-0.15, -0.1) is 13.2 Å². The van der Waals surface area contributed by atoms with Crippen LogP contribution in [0, 0.1) is 0 Å². The Morgan fingerprint density at radius 1 is 1.36 bits per heavy atom. The van der Waals surface area contributed by atoms with Crippen molar-refractivity contribution in [2.24, 2.45) is 0 Å². The number of halogens is 5. The fraction of sp³-hybridized carbons (Fsp3) is 0.143. The zero-order chi connectivity index (χ0) is 10.9. The van der Waals surface area contributed by atoms with Crippen molar-refractivity contribution in [2.45, 2.75) is 6.36 Å². The molecule has 1 aromatic carbocycles. The maximum absolute atomic E-state index is 11.9. The van der Waals surface area contributed by atoms with Crippen LogP contribution in [0.2, 0.25) is 5.02 Å². The molecule has 0 aromatic heterocycles. The molecule has 0 aliphatic rings. The van der Waals surface area contributed by atoms with Gasteiger partial charge in [0.05, 0.1) is 9.50 Å². The number of rotatable bonds is 1. The van der Waals surface area contributed by atoms with Crippen molar-refractivity contribution < 1.29 is 17.9 Å². The van der Waals surface area contributed by atoms with Gasteiger partial charge in [-0.25, -0.2) is 0 Å². The van der Waals surface area contributed by atoms with Crippen molar-refractivity contribution in [3.63, 3.8) is 0 Å². The minimum Gasteiger partial charge on any atom is -0.403 e. The smallest absolute Gasteiger partial charge is 0.403 e. The Hall–Kier alpha value is -0.620. The highest BCUT2D eigenvalue weighted by Crippen LogP contribution is 2.38. The predicted molar refractivity (Wildman–Crippen MR) is 50.2 cm³/mol. The summed E-state index contributed by atoms with van der Waals surface area (Å²) in [4.78, 5) is 0. The molecule has 0 atom stereocenters. The molecule has 0 bridgehead atoms. The Labute approximate surface area is 90.9 Å². The second-order valence-corrected chi connectivity index (χ2v) is 3.62. The number of benzene rings is 1. The monoisotopic (exact) mass is 289 g/mol. The molecule has 78 valence electrons. The minimum atomic E-state index is -4.78. The van der Waals surface area contributed by atoms with Crippen LogP contribution in [-0.4, -0.2) is 6.36 Å². The number of hydrogen-bond acceptors (Lipinski definition) is 2. The second-order valence-electron chi connectivity index (χ2n) is 2.36. The number of anilines is 1. The van der Waals surface area contributed by atoms with Gasteiger partial charge in [0.15, 0.2) is 5.75 Å². The van der Waals surface area contributed by atoms with Gasteiger partial charge in [-0.05, 0) is 28.1 Å². The van der Waals surface area contributed by atoms with E-state index in [0.717, 1.165) is 0 Å². The van der Waals surface area contributed by atoms with Crippen molar-refractivity contribution in [1.29, 1.82) is 0 Å². The van der Waals surface area contributed by atoms with Crippen LogP contribution < -0.4 is 10.5 Å². The molecule has 1 aromatic rings. The van der Waals surface area contributed by atoms with Crippen LogP contribution >= 0.6 is 27.5 Å². The van der Waals surface area contributed by atoms with Crippen LogP contribution in [0.1, 0.15) is 0 Å². The number of nitrogens with two attached hydrogens (primary N) is 1. The highest BCUT2D eigenvalue weighted by Gasteiger charge is 2.33. The Bertz CT molecular complexity index is 332. The van der Waals surface area contributed by atoms with E-state index in [1.807, 2.05) is 0 Å². The van der Waals surface area contributed by atoms with E-state index in [0.29, 0.717) is 0 Å². The molecular formula is C7H4BrClF3NO. The van der Waals surface area contributed by atoms with Gasteiger partial charge in [0.25, 0.3) is 0 Å². The fourth-order valence-corrected chi connectivity index (χ4v) is 1.73. The van der Waals surface area contributed by atoms with Crippen LogP contribution in [0.15, 0.2) is 16.6 Å². The molecule has 0 saturated heterocycles. The van der Waals surface area contributed by atoms with Crippen LogP contribution in [-0.2, 0) is 0 Å². The van der Waals surface area contributed by atoms with Gasteiger partial charge >= 0.3 is 6.36 Å². The topological polar surface area (TPSA) is 35.2 Å². The van der Waals surface area contributed by atoms with Gasteiger partial charge in [-0.2, -0.15) is 0 Å². The van der Waals surface area contributed by atoms with E-state index in [1.165, 1.54) is 12.1 Å². The van der Waals surface area contributed by atoms with Crippen LogP contribution in [0.4, 0.5) is 18.9 Å². The first-order valence-electron chi connectivity index (χ1n) is 3.30. The Morgan fingerprint density at radius 3 is 2.36 bits per heavy atom. The third kappa shape index (κ3) is 2.95. The van der Waals surface area contributed by atoms with Crippen molar-refractivity contribution in [3.8, 4) is 5.75 Å². The predicted octanol–water partition coefficient (Wildman–Crippen LogP) is 3.58. The quantitative estimate of drug-likeness (QED) is 0.802. The fourth-order valence-electron chi connectivity index (χ4n) is 0.793. The van der Waals surface area contributed by atoms with E-state index in [9.17, 15) is 13.2 Å². The molecule has 0 fully saturated rings. The lowest BCUT2D eigenvalue weighted by molar-refractivity contribution is -0.274. The van der Waals surface area contributed by atoms with Crippen LogP contribution in [0.5, 0.6) is 5.75 Å². The second kappa shape index (κ2) is 3.86. The van der Waals surface area contributed by atoms with Gasteiger partial charge in [0.2, 0.25) is 0 Å². The first kappa shape index (κ1) is 11.5. The number of hydrogen-bond donors (Lipinski definition) is 1. The highest BCUT2D eigenvalue weighted by atomic mass is 79.9. The lowest BCUT2D eigenvalue weighted by atomic mass is 10.3. The first-order valence-corrected chi connectivity index (χ1v) is 4.47. The van der Waals surface area contributed by atoms with Crippen molar-refractivity contribution in [1.82, 2.24) is 0 Å². The zero-order valence-electron chi connectivity index (χ0n) is 6.53. The SMILES string of the molecule is Nc1cc(Cl)c(OC(F)(F)F)c(Br)c1. The van der Waals surface area contributed by atoms with Gasteiger partial charge in [-0.1, -0.05) is 11.6 Å². The summed E-state index contributed by atoms with van der Waals surface area (Å²) in [5.74, 6) is -0.492. The van der Waals surface area contributed by atoms with E-state index in [4.69, 9.17) is 17.3 Å². The maximum Gasteiger partial charge on any atom is 0.573 e. The summed E-state index contributed by atoms with van der Waals surface area (Å²) < 4.78 is 39.3. The summed E-state index contributed by atoms with van der Waals surface area (Å²) in [7, 11) is 0. The van der Waals surface area contributed by atoms with Crippen LogP contribution in [0.3, 0.4) is 0 Å². The highest BCUT2D eigenvalue weighted by molar-refractivity contribution is 9.10. The molecule has 2 nitrogen and oxygen atoms in total. The summed E-state index contributed by atoms with van der Waals surface area (Å²) in [5.41, 5.74) is 5.59. The van der Waals surface area contributed by atoms with Crippen molar-refractivity contribution >= 4 is 33.2 Å². The van der Waals surface area contributed by atoms with E-state index in [-0.39, 0.29) is 15.2 Å². The van der Waals surface area contributed by atoms with E-state index in [1.54, 1.807) is 0 Å². The summed E-state index contributed by atoms with van der Waals surface area (Å²) in [5, 5.41) is -0.200. The van der Waals surface area contributed by atoms with E-state index < -0.39 is 12.1 Å². The maximum atomic E-state index is 11.9. The third-order valence-corrected chi connectivity index (χ3v) is 2.11. The normalized spacial score (nSPS) is 11.5. The van der Waals surface area contributed by atoms with E-state index in [2.05, 4.69) is 20.7 Å². The van der Waals surface area contributed by atoms with Gasteiger partial charge < -0.3 is 10.5 Å². The number of alkyl halides is 3. The average Bonchev–Trinajstić information content (AvgIpc) is 1.95. The number of ether oxygens (including phenoxy) is 1. The lowest BCUT2D eigenvalue weighted by Gasteiger charge is -2.12. The third-order valence-electron chi connectivity index (χ3n) is 1.24. The molecule has 0 saturated carbocycles. The Kier molecular flexibility index (Phi) is 3.16. The summed E-state index contributed by atoms with van der Waals surface area (Å²) in [6.07, 6.45) is -4.78. The number of nitrogen functional groups attached to an aromatic ring is 1. The molecule has 0 heterocycles. The Morgan fingerprint density at radius 2 is 1.93 bits per heavy atom. The summed E-state index contributed by atoms with van der Waals surface area (Å²) >= 11 is 8.37. The van der Waals surface area contributed by atoms with Crippen molar-refractivity contribution in [2.75, 3.05) is 5.73 Å². The molecule has 0 unspecified atom stereocenters. The molecule has 0 aliphatic heterocycles. The van der Waals surface area contributed by atoms with Gasteiger partial charge in [0, 0.05) is 5.69 Å². The average molecular weight is 290 g/mol. The molecule has 2 N–H and O–H groups in total. The summed E-state index contributed by atoms with van der Waals surface area (Å²) in [6, 6.07) is 2.44. The van der Waals surface area contributed by atoms with Crippen molar-refractivity contribution in [3.05, 3.63) is 21.6 Å². The molecule has 0 spiro atoms. The van der Waals surface area contributed by atoms with Crippen LogP contribution in [0.25, 0.3) is 0 Å². The molecular weight excluding hydrogens is 286 g/mol. The standard InChI is InChI=1S/C7H4BrClF3NO/c8-4-1-3(13)2-5(9)6(4)14-7(10,11)12/h1-2H,13H2. The minimum absolute atomic E-state index is 0.0554.